The maximum absolute atomic E-state index is 12.5. The van der Waals surface area contributed by atoms with E-state index < -0.39 is 16.0 Å². The molecular weight excluding hydrogens is 380 g/mol. The van der Waals surface area contributed by atoms with Gasteiger partial charge in [-0.2, -0.15) is 0 Å². The molecule has 3 aromatic carbocycles. The van der Waals surface area contributed by atoms with Crippen LogP contribution in [-0.4, -0.2) is 25.4 Å². The number of aromatic carboxylic acids is 1. The van der Waals surface area contributed by atoms with Crippen LogP contribution in [0.2, 0.25) is 0 Å². The maximum Gasteiger partial charge on any atom is 0.335 e. The highest BCUT2D eigenvalue weighted by atomic mass is 32.2. The molecule has 0 heterocycles. The Morgan fingerprint density at radius 2 is 1.36 bits per heavy atom. The first-order valence-electron chi connectivity index (χ1n) is 8.18. The van der Waals surface area contributed by atoms with Crippen LogP contribution < -0.4 is 10.0 Å². The first-order valence-corrected chi connectivity index (χ1v) is 9.66. The second-order valence-corrected chi connectivity index (χ2v) is 7.52. The van der Waals surface area contributed by atoms with Crippen molar-refractivity contribution in [1.82, 2.24) is 0 Å². The van der Waals surface area contributed by atoms with Gasteiger partial charge >= 0.3 is 5.97 Å². The van der Waals surface area contributed by atoms with Crippen molar-refractivity contribution in [2.24, 2.45) is 0 Å². The minimum Gasteiger partial charge on any atom is -0.478 e. The zero-order chi connectivity index (χ0) is 20.1. The number of nitrogens with one attached hydrogen (secondary N) is 2. The Bertz CT molecular complexity index is 1110. The van der Waals surface area contributed by atoms with Gasteiger partial charge in [-0.3, -0.25) is 9.52 Å². The quantitative estimate of drug-likeness (QED) is 0.591. The van der Waals surface area contributed by atoms with Gasteiger partial charge in [0.1, 0.15) is 0 Å². The molecule has 0 bridgehead atoms. The predicted octanol–water partition coefficient (Wildman–Crippen LogP) is 3.44. The molecule has 3 N–H and O–H groups in total. The van der Waals surface area contributed by atoms with Gasteiger partial charge in [-0.15, -0.1) is 0 Å². The Kier molecular flexibility index (Phi) is 5.42. The fraction of sp³-hybridized carbons (Fsp3) is 0. The molecule has 0 radical (unpaired) electrons. The van der Waals surface area contributed by atoms with Crippen LogP contribution in [0.3, 0.4) is 0 Å². The maximum atomic E-state index is 12.5. The zero-order valence-electron chi connectivity index (χ0n) is 14.5. The number of carboxylic acids is 1. The third kappa shape index (κ3) is 4.54. The van der Waals surface area contributed by atoms with Crippen molar-refractivity contribution in [1.29, 1.82) is 0 Å². The molecule has 0 fully saturated rings. The first-order chi connectivity index (χ1) is 13.3. The Balaban J connectivity index is 1.72. The molecule has 0 aliphatic carbocycles. The van der Waals surface area contributed by atoms with Gasteiger partial charge < -0.3 is 10.4 Å². The van der Waals surface area contributed by atoms with Gasteiger partial charge in [0.05, 0.1) is 10.5 Å². The molecule has 0 saturated heterocycles. The summed E-state index contributed by atoms with van der Waals surface area (Å²) in [6, 6.07) is 19.9. The van der Waals surface area contributed by atoms with E-state index in [0.29, 0.717) is 11.3 Å². The third-order valence-corrected chi connectivity index (χ3v) is 5.20. The van der Waals surface area contributed by atoms with Crippen LogP contribution >= 0.6 is 0 Å². The summed E-state index contributed by atoms with van der Waals surface area (Å²) < 4.78 is 27.3. The molecule has 7 nitrogen and oxygen atoms in total. The second kappa shape index (κ2) is 7.93. The molecule has 0 aliphatic rings. The van der Waals surface area contributed by atoms with Crippen molar-refractivity contribution >= 4 is 33.3 Å². The topological polar surface area (TPSA) is 113 Å². The molecule has 0 aliphatic heterocycles. The van der Waals surface area contributed by atoms with Gasteiger partial charge in [0.15, 0.2) is 0 Å². The second-order valence-electron chi connectivity index (χ2n) is 5.84. The number of rotatable bonds is 6. The minimum absolute atomic E-state index is 0.123. The van der Waals surface area contributed by atoms with Crippen LogP contribution in [0, 0.1) is 0 Å². The number of amides is 1. The van der Waals surface area contributed by atoms with Gasteiger partial charge in [0, 0.05) is 16.9 Å². The lowest BCUT2D eigenvalue weighted by Gasteiger charge is -2.10. The molecule has 1 amide bonds. The van der Waals surface area contributed by atoms with Gasteiger partial charge in [-0.1, -0.05) is 24.3 Å². The molecule has 8 heteroatoms. The molecular formula is C20H16N2O5S. The molecule has 0 atom stereocenters. The molecule has 0 spiro atoms. The van der Waals surface area contributed by atoms with Crippen molar-refractivity contribution in [3.8, 4) is 0 Å². The monoisotopic (exact) mass is 396 g/mol. The SMILES string of the molecule is O=C(O)c1cccc(S(=O)(=O)Nc2ccc(NC(=O)c3ccccc3)cc2)c1. The average molecular weight is 396 g/mol. The summed E-state index contributed by atoms with van der Waals surface area (Å²) in [4.78, 5) is 23.0. The number of anilines is 2. The normalized spacial score (nSPS) is 10.9. The number of carboxylic acid groups (broad SMARTS) is 1. The number of benzene rings is 3. The number of sulfonamides is 1. The van der Waals surface area contributed by atoms with E-state index in [1.165, 1.54) is 30.3 Å². The Hall–Kier alpha value is -3.65. The van der Waals surface area contributed by atoms with Crippen molar-refractivity contribution in [3.63, 3.8) is 0 Å². The fourth-order valence-corrected chi connectivity index (χ4v) is 3.53. The summed E-state index contributed by atoms with van der Waals surface area (Å²) in [5, 5.41) is 11.7. The number of carbonyl (C=O) groups excluding carboxylic acids is 1. The van der Waals surface area contributed by atoms with E-state index >= 15 is 0 Å². The Morgan fingerprint density at radius 1 is 0.750 bits per heavy atom. The van der Waals surface area contributed by atoms with Crippen LogP contribution in [-0.2, 0) is 10.0 Å². The largest absolute Gasteiger partial charge is 0.478 e. The average Bonchev–Trinajstić information content (AvgIpc) is 2.70. The van der Waals surface area contributed by atoms with Crippen LogP contribution in [0.1, 0.15) is 20.7 Å². The van der Waals surface area contributed by atoms with E-state index in [1.54, 1.807) is 36.4 Å². The van der Waals surface area contributed by atoms with Gasteiger partial charge in [-0.05, 0) is 54.6 Å². The van der Waals surface area contributed by atoms with Crippen molar-refractivity contribution in [3.05, 3.63) is 90.0 Å². The highest BCUT2D eigenvalue weighted by Crippen LogP contribution is 2.19. The van der Waals surface area contributed by atoms with Crippen LogP contribution in [0.15, 0.2) is 83.8 Å². The molecule has 0 unspecified atom stereocenters. The predicted molar refractivity (Wildman–Crippen MR) is 105 cm³/mol. The van der Waals surface area contributed by atoms with Gasteiger partial charge in [0.25, 0.3) is 15.9 Å². The van der Waals surface area contributed by atoms with Gasteiger partial charge in [-0.25, -0.2) is 13.2 Å². The minimum atomic E-state index is -3.95. The fourth-order valence-electron chi connectivity index (χ4n) is 2.42. The van der Waals surface area contributed by atoms with Crippen molar-refractivity contribution in [2.45, 2.75) is 4.90 Å². The molecule has 3 rings (SSSR count). The smallest absolute Gasteiger partial charge is 0.335 e. The molecule has 28 heavy (non-hydrogen) atoms. The Labute approximate surface area is 161 Å². The standard InChI is InChI=1S/C20H16N2O5S/c23-19(14-5-2-1-3-6-14)21-16-9-11-17(12-10-16)22-28(26,27)18-8-4-7-15(13-18)20(24)25/h1-13,22H,(H,21,23)(H,24,25). The summed E-state index contributed by atoms with van der Waals surface area (Å²) >= 11 is 0. The van der Waals surface area contributed by atoms with E-state index in [0.717, 1.165) is 6.07 Å². The van der Waals surface area contributed by atoms with E-state index in [1.807, 2.05) is 6.07 Å². The van der Waals surface area contributed by atoms with Gasteiger partial charge in [0.2, 0.25) is 0 Å². The Morgan fingerprint density at radius 3 is 2.00 bits per heavy atom. The molecule has 142 valence electrons. The summed E-state index contributed by atoms with van der Waals surface area (Å²) in [6.07, 6.45) is 0. The molecule has 3 aromatic rings. The van der Waals surface area contributed by atoms with Crippen LogP contribution in [0.4, 0.5) is 11.4 Å². The third-order valence-electron chi connectivity index (χ3n) is 3.82. The number of hydrogen-bond acceptors (Lipinski definition) is 4. The lowest BCUT2D eigenvalue weighted by atomic mass is 10.2. The summed E-state index contributed by atoms with van der Waals surface area (Å²) in [7, 11) is -3.95. The van der Waals surface area contributed by atoms with Crippen LogP contribution in [0.5, 0.6) is 0 Å². The van der Waals surface area contributed by atoms with E-state index in [2.05, 4.69) is 10.0 Å². The van der Waals surface area contributed by atoms with E-state index in [9.17, 15) is 18.0 Å². The van der Waals surface area contributed by atoms with Crippen LogP contribution in [0.25, 0.3) is 0 Å². The summed E-state index contributed by atoms with van der Waals surface area (Å²) in [6.45, 7) is 0. The van der Waals surface area contributed by atoms with Crippen molar-refractivity contribution in [2.75, 3.05) is 10.0 Å². The zero-order valence-corrected chi connectivity index (χ0v) is 15.3. The summed E-state index contributed by atoms with van der Waals surface area (Å²) in [5.41, 5.74) is 1.16. The van der Waals surface area contributed by atoms with E-state index in [4.69, 9.17) is 5.11 Å². The first kappa shape index (κ1) is 19.1. The number of hydrogen-bond donors (Lipinski definition) is 3. The lowest BCUT2D eigenvalue weighted by molar-refractivity contribution is 0.0696. The highest BCUT2D eigenvalue weighted by molar-refractivity contribution is 7.92. The summed E-state index contributed by atoms with van der Waals surface area (Å²) in [5.74, 6) is -1.49. The van der Waals surface area contributed by atoms with Crippen molar-refractivity contribution < 1.29 is 23.1 Å². The van der Waals surface area contributed by atoms with E-state index in [-0.39, 0.29) is 22.1 Å². The molecule has 0 aromatic heterocycles. The lowest BCUT2D eigenvalue weighted by Crippen LogP contribution is -2.14. The molecule has 0 saturated carbocycles. The number of carbonyl (C=O) groups is 2. The highest BCUT2D eigenvalue weighted by Gasteiger charge is 2.16.